The molecule has 0 unspecified atom stereocenters. The van der Waals surface area contributed by atoms with E-state index in [1.54, 1.807) is 31.1 Å². The van der Waals surface area contributed by atoms with Crippen LogP contribution in [0.2, 0.25) is 0 Å². The first-order valence-corrected chi connectivity index (χ1v) is 9.22. The van der Waals surface area contributed by atoms with E-state index in [0.29, 0.717) is 17.3 Å². The first-order chi connectivity index (χ1) is 14.8. The summed E-state index contributed by atoms with van der Waals surface area (Å²) in [7, 11) is 0. The Labute approximate surface area is 169 Å². The van der Waals surface area contributed by atoms with E-state index < -0.39 is 0 Å². The van der Waals surface area contributed by atoms with Crippen LogP contribution in [0.25, 0.3) is 50.5 Å². The standard InChI is InChI=1S/C20H14N10/c1-11-8-30(10-25-11)20-18-14(2-3-23-20)26-19(27-18)17-13-4-15(12-5-21-9-22-6-12)24-7-16(13)28-29-17/h2-10H,1H3,(H,26,27)(H,28,29). The molecule has 6 aromatic rings. The lowest BCUT2D eigenvalue weighted by Gasteiger charge is -2.00. The van der Waals surface area contributed by atoms with E-state index in [1.165, 1.54) is 6.33 Å². The Hall–Kier alpha value is -4.47. The number of H-pyrrole nitrogens is 2. The topological polar surface area (TPSA) is 127 Å². The zero-order valence-corrected chi connectivity index (χ0v) is 15.8. The van der Waals surface area contributed by atoms with Crippen LogP contribution in [0.3, 0.4) is 0 Å². The molecule has 6 aromatic heterocycles. The van der Waals surface area contributed by atoms with Gasteiger partial charge in [0.1, 0.15) is 23.9 Å². The van der Waals surface area contributed by atoms with E-state index >= 15 is 0 Å². The van der Waals surface area contributed by atoms with Crippen LogP contribution in [0.1, 0.15) is 5.69 Å². The minimum Gasteiger partial charge on any atom is -0.336 e. The summed E-state index contributed by atoms with van der Waals surface area (Å²) in [6.07, 6.45) is 12.1. The van der Waals surface area contributed by atoms with Gasteiger partial charge < -0.3 is 4.98 Å². The van der Waals surface area contributed by atoms with Crippen molar-refractivity contribution < 1.29 is 0 Å². The first-order valence-electron chi connectivity index (χ1n) is 9.22. The number of hydrogen-bond donors (Lipinski definition) is 2. The number of nitrogens with one attached hydrogen (secondary N) is 2. The Kier molecular flexibility index (Phi) is 3.45. The summed E-state index contributed by atoms with van der Waals surface area (Å²) in [4.78, 5) is 29.6. The molecule has 0 saturated heterocycles. The zero-order chi connectivity index (χ0) is 20.1. The molecule has 0 aliphatic rings. The SMILES string of the molecule is Cc1cn(-c2nccc3[nH]c(-c4n[nH]c5cnc(-c6cncnc6)cc45)nc23)cn1. The van der Waals surface area contributed by atoms with Gasteiger partial charge in [-0.15, -0.1) is 0 Å². The first kappa shape index (κ1) is 16.5. The fraction of sp³-hybridized carbons (Fsp3) is 0.0500. The number of aryl methyl sites for hydroxylation is 1. The van der Waals surface area contributed by atoms with Gasteiger partial charge in [0.15, 0.2) is 11.6 Å². The second-order valence-electron chi connectivity index (χ2n) is 6.85. The van der Waals surface area contributed by atoms with Crippen LogP contribution in [0.15, 0.2) is 55.8 Å². The van der Waals surface area contributed by atoms with Crippen molar-refractivity contribution in [3.8, 4) is 28.6 Å². The lowest BCUT2D eigenvalue weighted by atomic mass is 10.1. The highest BCUT2D eigenvalue weighted by molar-refractivity contribution is 5.95. The Morgan fingerprint density at radius 2 is 1.90 bits per heavy atom. The number of aromatic amines is 2. The van der Waals surface area contributed by atoms with Crippen molar-refractivity contribution >= 4 is 21.9 Å². The van der Waals surface area contributed by atoms with Crippen molar-refractivity contribution in [3.05, 3.63) is 61.5 Å². The molecule has 10 nitrogen and oxygen atoms in total. The van der Waals surface area contributed by atoms with Crippen molar-refractivity contribution in [2.24, 2.45) is 0 Å². The zero-order valence-electron chi connectivity index (χ0n) is 15.8. The number of aromatic nitrogens is 10. The van der Waals surface area contributed by atoms with Crippen molar-refractivity contribution in [1.29, 1.82) is 0 Å². The smallest absolute Gasteiger partial charge is 0.166 e. The summed E-state index contributed by atoms with van der Waals surface area (Å²) < 4.78 is 1.86. The maximum Gasteiger partial charge on any atom is 0.166 e. The van der Waals surface area contributed by atoms with Crippen molar-refractivity contribution in [2.75, 3.05) is 0 Å². The van der Waals surface area contributed by atoms with Gasteiger partial charge in [-0.3, -0.25) is 14.6 Å². The third-order valence-electron chi connectivity index (χ3n) is 4.87. The Morgan fingerprint density at radius 3 is 2.73 bits per heavy atom. The van der Waals surface area contributed by atoms with Gasteiger partial charge in [-0.25, -0.2) is 24.9 Å². The summed E-state index contributed by atoms with van der Waals surface area (Å²) in [5.41, 5.74) is 5.63. The highest BCUT2D eigenvalue weighted by atomic mass is 15.2. The number of fused-ring (bicyclic) bond motifs is 2. The predicted octanol–water partition coefficient (Wildman–Crippen LogP) is 2.85. The fourth-order valence-electron chi connectivity index (χ4n) is 3.45. The summed E-state index contributed by atoms with van der Waals surface area (Å²) >= 11 is 0. The minimum absolute atomic E-state index is 0.642. The Morgan fingerprint density at radius 1 is 1.00 bits per heavy atom. The van der Waals surface area contributed by atoms with Gasteiger partial charge in [-0.2, -0.15) is 5.10 Å². The van der Waals surface area contributed by atoms with E-state index in [4.69, 9.17) is 4.98 Å². The molecule has 0 bridgehead atoms. The number of nitrogens with zero attached hydrogens (tertiary/aromatic N) is 8. The number of rotatable bonds is 3. The average molecular weight is 394 g/mol. The van der Waals surface area contributed by atoms with Gasteiger partial charge in [-0.1, -0.05) is 0 Å². The highest BCUT2D eigenvalue weighted by Gasteiger charge is 2.17. The number of imidazole rings is 2. The predicted molar refractivity (Wildman–Crippen MR) is 110 cm³/mol. The molecule has 10 heteroatoms. The van der Waals surface area contributed by atoms with Crippen molar-refractivity contribution in [3.63, 3.8) is 0 Å². The maximum atomic E-state index is 4.80. The number of pyridine rings is 2. The van der Waals surface area contributed by atoms with Gasteiger partial charge in [0.25, 0.3) is 0 Å². The molecule has 2 N–H and O–H groups in total. The molecule has 0 spiro atoms. The third-order valence-corrected chi connectivity index (χ3v) is 4.87. The van der Waals surface area contributed by atoms with Crippen LogP contribution in [-0.2, 0) is 0 Å². The van der Waals surface area contributed by atoms with E-state index in [-0.39, 0.29) is 0 Å². The molecule has 0 radical (unpaired) electrons. The fourth-order valence-corrected chi connectivity index (χ4v) is 3.45. The van der Waals surface area contributed by atoms with Crippen LogP contribution in [0.4, 0.5) is 0 Å². The van der Waals surface area contributed by atoms with Crippen LogP contribution in [0, 0.1) is 6.92 Å². The van der Waals surface area contributed by atoms with Gasteiger partial charge >= 0.3 is 0 Å². The summed E-state index contributed by atoms with van der Waals surface area (Å²) in [6, 6.07) is 3.85. The quantitative estimate of drug-likeness (QED) is 0.472. The van der Waals surface area contributed by atoms with Gasteiger partial charge in [0.05, 0.1) is 28.6 Å². The summed E-state index contributed by atoms with van der Waals surface area (Å²) in [5, 5.41) is 8.40. The molecule has 0 atom stereocenters. The largest absolute Gasteiger partial charge is 0.336 e. The van der Waals surface area contributed by atoms with Gasteiger partial charge in [0.2, 0.25) is 0 Å². The molecule has 0 aromatic carbocycles. The van der Waals surface area contributed by atoms with Crippen LogP contribution in [0.5, 0.6) is 0 Å². The van der Waals surface area contributed by atoms with Crippen LogP contribution in [-0.4, -0.2) is 49.7 Å². The Balaban J connectivity index is 1.52. The minimum atomic E-state index is 0.642. The van der Waals surface area contributed by atoms with Crippen LogP contribution < -0.4 is 0 Å². The lowest BCUT2D eigenvalue weighted by Crippen LogP contribution is -1.95. The second-order valence-corrected chi connectivity index (χ2v) is 6.85. The van der Waals surface area contributed by atoms with Gasteiger partial charge in [0, 0.05) is 35.7 Å². The molecular weight excluding hydrogens is 380 g/mol. The monoisotopic (exact) mass is 394 g/mol. The maximum absolute atomic E-state index is 4.80. The van der Waals surface area contributed by atoms with Crippen molar-refractivity contribution in [2.45, 2.75) is 6.92 Å². The average Bonchev–Trinajstić information content (AvgIpc) is 3.51. The summed E-state index contributed by atoms with van der Waals surface area (Å²) in [6.45, 7) is 1.94. The molecule has 6 rings (SSSR count). The molecular formula is C20H14N10. The van der Waals surface area contributed by atoms with Gasteiger partial charge in [-0.05, 0) is 19.1 Å². The lowest BCUT2D eigenvalue weighted by molar-refractivity contribution is 1.00. The molecule has 30 heavy (non-hydrogen) atoms. The molecule has 6 heterocycles. The van der Waals surface area contributed by atoms with Crippen molar-refractivity contribution in [1.82, 2.24) is 49.7 Å². The van der Waals surface area contributed by atoms with E-state index in [9.17, 15) is 0 Å². The number of hydrogen-bond acceptors (Lipinski definition) is 7. The summed E-state index contributed by atoms with van der Waals surface area (Å²) in [5.74, 6) is 1.35. The molecule has 0 saturated carbocycles. The van der Waals surface area contributed by atoms with E-state index in [0.717, 1.165) is 38.9 Å². The molecule has 144 valence electrons. The van der Waals surface area contributed by atoms with E-state index in [2.05, 4.69) is 40.1 Å². The molecule has 0 aliphatic carbocycles. The Bertz CT molecular complexity index is 1510. The normalized spacial score (nSPS) is 11.5. The second kappa shape index (κ2) is 6.27. The van der Waals surface area contributed by atoms with E-state index in [1.807, 2.05) is 29.8 Å². The molecule has 0 amide bonds. The highest BCUT2D eigenvalue weighted by Crippen LogP contribution is 2.29. The molecule has 0 aliphatic heterocycles. The van der Waals surface area contributed by atoms with Crippen LogP contribution >= 0.6 is 0 Å². The third kappa shape index (κ3) is 2.54. The molecule has 0 fully saturated rings.